The summed E-state index contributed by atoms with van der Waals surface area (Å²) in [4.78, 5) is 25.3. The van der Waals surface area contributed by atoms with Crippen LogP contribution in [0, 0.1) is 11.3 Å². The second-order valence-corrected chi connectivity index (χ2v) is 5.03. The van der Waals surface area contributed by atoms with E-state index in [4.69, 9.17) is 5.26 Å². The van der Waals surface area contributed by atoms with Crippen molar-refractivity contribution in [2.75, 3.05) is 31.5 Å². The van der Waals surface area contributed by atoms with Crippen molar-refractivity contribution in [1.82, 2.24) is 10.2 Å². The second-order valence-electron chi connectivity index (χ2n) is 5.03. The predicted molar refractivity (Wildman–Crippen MR) is 83.2 cm³/mol. The molecule has 114 valence electrons. The Bertz CT molecular complexity index is 623. The molecule has 0 unspecified atom stereocenters. The third kappa shape index (κ3) is 4.17. The van der Waals surface area contributed by atoms with Gasteiger partial charge in [0.15, 0.2) is 5.78 Å². The highest BCUT2D eigenvalue weighted by atomic mass is 16.1. The van der Waals surface area contributed by atoms with Gasteiger partial charge in [0.2, 0.25) is 0 Å². The van der Waals surface area contributed by atoms with Gasteiger partial charge in [-0.2, -0.15) is 5.26 Å². The molecule has 1 saturated heterocycles. The van der Waals surface area contributed by atoms with E-state index in [1.54, 1.807) is 30.5 Å². The van der Waals surface area contributed by atoms with Crippen LogP contribution in [0.1, 0.15) is 17.3 Å². The lowest BCUT2D eigenvalue weighted by atomic mass is 10.1. The maximum atomic E-state index is 12.1. The Labute approximate surface area is 129 Å². The molecule has 0 aliphatic carbocycles. The van der Waals surface area contributed by atoms with Crippen LogP contribution in [0.15, 0.2) is 36.0 Å². The standard InChI is InChI=1S/C16H18N4O2/c1-12(21)13-2-4-15(5-3-13)19-16(22)14(10-17)11-20-8-6-18-7-9-20/h2-5,11,18H,6-9H2,1H3,(H,19,22)/b14-11-. The Balaban J connectivity index is 2.04. The Hall–Kier alpha value is -2.65. The Morgan fingerprint density at radius 1 is 1.27 bits per heavy atom. The van der Waals surface area contributed by atoms with Gasteiger partial charge in [-0.05, 0) is 31.2 Å². The molecule has 0 bridgehead atoms. The summed E-state index contributed by atoms with van der Waals surface area (Å²) in [6.45, 7) is 4.70. The summed E-state index contributed by atoms with van der Waals surface area (Å²) in [5.41, 5.74) is 1.20. The molecule has 2 N–H and O–H groups in total. The average molecular weight is 298 g/mol. The van der Waals surface area contributed by atoms with Crippen molar-refractivity contribution in [2.24, 2.45) is 0 Å². The van der Waals surface area contributed by atoms with Gasteiger partial charge >= 0.3 is 0 Å². The van der Waals surface area contributed by atoms with E-state index in [1.165, 1.54) is 6.92 Å². The molecule has 0 saturated carbocycles. The average Bonchev–Trinajstić information content (AvgIpc) is 2.54. The smallest absolute Gasteiger partial charge is 0.267 e. The van der Waals surface area contributed by atoms with E-state index >= 15 is 0 Å². The van der Waals surface area contributed by atoms with Crippen LogP contribution in [0.25, 0.3) is 0 Å². The lowest BCUT2D eigenvalue weighted by Gasteiger charge is -2.26. The molecule has 2 rings (SSSR count). The van der Waals surface area contributed by atoms with E-state index < -0.39 is 5.91 Å². The van der Waals surface area contributed by atoms with Gasteiger partial charge in [0.05, 0.1) is 0 Å². The number of nitrogens with one attached hydrogen (secondary N) is 2. The molecule has 22 heavy (non-hydrogen) atoms. The van der Waals surface area contributed by atoms with E-state index in [2.05, 4.69) is 10.6 Å². The summed E-state index contributed by atoms with van der Waals surface area (Å²) < 4.78 is 0. The highest BCUT2D eigenvalue weighted by Gasteiger charge is 2.13. The predicted octanol–water partition coefficient (Wildman–Crippen LogP) is 1.14. The molecule has 0 aromatic heterocycles. The van der Waals surface area contributed by atoms with Crippen LogP contribution in [-0.2, 0) is 4.79 Å². The molecule has 1 amide bonds. The minimum atomic E-state index is -0.448. The molecule has 0 atom stereocenters. The molecule has 1 heterocycles. The van der Waals surface area contributed by atoms with Crippen molar-refractivity contribution < 1.29 is 9.59 Å². The number of hydrogen-bond donors (Lipinski definition) is 2. The molecule has 1 aliphatic heterocycles. The zero-order chi connectivity index (χ0) is 15.9. The number of piperazine rings is 1. The van der Waals surface area contributed by atoms with Gasteiger partial charge in [-0.1, -0.05) is 0 Å². The number of carbonyl (C=O) groups is 2. The zero-order valence-corrected chi connectivity index (χ0v) is 12.4. The number of benzene rings is 1. The largest absolute Gasteiger partial charge is 0.374 e. The van der Waals surface area contributed by atoms with Crippen LogP contribution in [0.4, 0.5) is 5.69 Å². The fourth-order valence-electron chi connectivity index (χ4n) is 2.12. The Kier molecular flexibility index (Phi) is 5.28. The fourth-order valence-corrected chi connectivity index (χ4v) is 2.12. The normalized spacial score (nSPS) is 15.1. The van der Waals surface area contributed by atoms with Crippen molar-refractivity contribution in [3.8, 4) is 6.07 Å². The minimum absolute atomic E-state index is 0.0332. The lowest BCUT2D eigenvalue weighted by Crippen LogP contribution is -2.41. The first-order valence-electron chi connectivity index (χ1n) is 7.09. The zero-order valence-electron chi connectivity index (χ0n) is 12.4. The maximum absolute atomic E-state index is 12.1. The number of nitrogens with zero attached hydrogens (tertiary/aromatic N) is 2. The van der Waals surface area contributed by atoms with Crippen molar-refractivity contribution >= 4 is 17.4 Å². The maximum Gasteiger partial charge on any atom is 0.267 e. The monoisotopic (exact) mass is 298 g/mol. The van der Waals surface area contributed by atoms with Crippen LogP contribution in [0.2, 0.25) is 0 Å². The van der Waals surface area contributed by atoms with E-state index in [1.807, 2.05) is 11.0 Å². The molecule has 1 aromatic rings. The van der Waals surface area contributed by atoms with E-state index in [0.717, 1.165) is 26.2 Å². The molecular formula is C16H18N4O2. The summed E-state index contributed by atoms with van der Waals surface area (Å²) in [5, 5.41) is 15.0. The lowest BCUT2D eigenvalue weighted by molar-refractivity contribution is -0.112. The van der Waals surface area contributed by atoms with Gasteiger partial charge in [0.25, 0.3) is 5.91 Å². The number of nitriles is 1. The molecule has 1 aliphatic rings. The molecule has 0 spiro atoms. The van der Waals surface area contributed by atoms with E-state index in [-0.39, 0.29) is 11.4 Å². The first-order chi connectivity index (χ1) is 10.6. The first kappa shape index (κ1) is 15.7. The molecular weight excluding hydrogens is 280 g/mol. The summed E-state index contributed by atoms with van der Waals surface area (Å²) in [7, 11) is 0. The van der Waals surface area contributed by atoms with Gasteiger partial charge in [-0.25, -0.2) is 0 Å². The van der Waals surface area contributed by atoms with Crippen molar-refractivity contribution in [3.63, 3.8) is 0 Å². The summed E-state index contributed by atoms with van der Waals surface area (Å²) in [6.07, 6.45) is 1.60. The number of rotatable bonds is 4. The van der Waals surface area contributed by atoms with Gasteiger partial charge in [0.1, 0.15) is 11.6 Å². The molecule has 1 aromatic carbocycles. The quantitative estimate of drug-likeness (QED) is 0.494. The summed E-state index contributed by atoms with van der Waals surface area (Å²) in [6, 6.07) is 8.51. The SMILES string of the molecule is CC(=O)c1ccc(NC(=O)/C(C#N)=C\N2CCNCC2)cc1. The van der Waals surface area contributed by atoms with Gasteiger partial charge in [-0.15, -0.1) is 0 Å². The van der Waals surface area contributed by atoms with Crippen LogP contribution in [0.5, 0.6) is 0 Å². The number of hydrogen-bond acceptors (Lipinski definition) is 5. The third-order valence-corrected chi connectivity index (χ3v) is 3.38. The number of anilines is 1. The highest BCUT2D eigenvalue weighted by molar-refractivity contribution is 6.06. The van der Waals surface area contributed by atoms with Crippen LogP contribution in [-0.4, -0.2) is 42.8 Å². The Morgan fingerprint density at radius 2 is 1.91 bits per heavy atom. The Morgan fingerprint density at radius 3 is 2.45 bits per heavy atom. The van der Waals surface area contributed by atoms with E-state index in [9.17, 15) is 9.59 Å². The number of ketones is 1. The molecule has 1 fully saturated rings. The number of amides is 1. The van der Waals surface area contributed by atoms with Gasteiger partial charge < -0.3 is 15.5 Å². The first-order valence-corrected chi connectivity index (χ1v) is 7.09. The second kappa shape index (κ2) is 7.38. The van der Waals surface area contributed by atoms with Crippen LogP contribution >= 0.6 is 0 Å². The summed E-state index contributed by atoms with van der Waals surface area (Å²) in [5.74, 6) is -0.481. The topological polar surface area (TPSA) is 85.2 Å². The third-order valence-electron chi connectivity index (χ3n) is 3.38. The number of Topliss-reactive ketones (excluding diaryl/α,β-unsaturated/α-hetero) is 1. The van der Waals surface area contributed by atoms with Crippen LogP contribution < -0.4 is 10.6 Å². The number of carbonyl (C=O) groups excluding carboxylic acids is 2. The van der Waals surface area contributed by atoms with Gasteiger partial charge in [-0.3, -0.25) is 9.59 Å². The molecule has 6 heteroatoms. The molecule has 6 nitrogen and oxygen atoms in total. The van der Waals surface area contributed by atoms with Crippen LogP contribution in [0.3, 0.4) is 0 Å². The minimum Gasteiger partial charge on any atom is -0.374 e. The van der Waals surface area contributed by atoms with Crippen molar-refractivity contribution in [2.45, 2.75) is 6.92 Å². The molecule has 0 radical (unpaired) electrons. The van der Waals surface area contributed by atoms with Crippen molar-refractivity contribution in [1.29, 1.82) is 5.26 Å². The fraction of sp³-hybridized carbons (Fsp3) is 0.312. The summed E-state index contributed by atoms with van der Waals surface area (Å²) >= 11 is 0. The van der Waals surface area contributed by atoms with Crippen molar-refractivity contribution in [3.05, 3.63) is 41.6 Å². The van der Waals surface area contributed by atoms with Gasteiger partial charge in [0, 0.05) is 43.6 Å². The van der Waals surface area contributed by atoms with E-state index in [0.29, 0.717) is 11.3 Å². The highest BCUT2D eigenvalue weighted by Crippen LogP contribution is 2.11.